The molecule has 1 atom stereocenters. The molecule has 2 aromatic rings. The minimum absolute atomic E-state index is 0.0361. The summed E-state index contributed by atoms with van der Waals surface area (Å²) in [4.78, 5) is 8.95. The summed E-state index contributed by atoms with van der Waals surface area (Å²) in [6.07, 6.45) is 2.32. The van der Waals surface area contributed by atoms with Crippen LogP contribution in [-0.2, 0) is 4.74 Å². The molecule has 4 heteroatoms. The van der Waals surface area contributed by atoms with E-state index in [1.807, 2.05) is 30.3 Å². The Morgan fingerprint density at radius 1 is 1.21 bits per heavy atom. The first-order valence-electron chi connectivity index (χ1n) is 6.50. The van der Waals surface area contributed by atoms with Gasteiger partial charge >= 0.3 is 0 Å². The Labute approximate surface area is 112 Å². The van der Waals surface area contributed by atoms with Crippen LogP contribution < -0.4 is 5.73 Å². The van der Waals surface area contributed by atoms with Gasteiger partial charge in [-0.1, -0.05) is 30.3 Å². The molecule has 1 aliphatic carbocycles. The summed E-state index contributed by atoms with van der Waals surface area (Å²) in [6.45, 7) is 0. The molecule has 0 spiro atoms. The van der Waals surface area contributed by atoms with Gasteiger partial charge in [0, 0.05) is 18.7 Å². The van der Waals surface area contributed by atoms with Crippen LogP contribution in [0, 0.1) is 5.92 Å². The lowest BCUT2D eigenvalue weighted by molar-refractivity contribution is 0.0774. The predicted molar refractivity (Wildman–Crippen MR) is 74.4 cm³/mol. The molecule has 1 unspecified atom stereocenters. The van der Waals surface area contributed by atoms with Gasteiger partial charge in [0.15, 0.2) is 5.82 Å². The Balaban J connectivity index is 2.00. The molecule has 0 saturated heterocycles. The zero-order valence-corrected chi connectivity index (χ0v) is 10.9. The normalized spacial score (nSPS) is 16.3. The molecule has 4 nitrogen and oxygen atoms in total. The molecule has 3 rings (SSSR count). The van der Waals surface area contributed by atoms with Crippen molar-refractivity contribution in [3.8, 4) is 11.3 Å². The largest absolute Gasteiger partial charge is 0.384 e. The number of hydrogen-bond donors (Lipinski definition) is 1. The third-order valence-electron chi connectivity index (χ3n) is 3.39. The van der Waals surface area contributed by atoms with Gasteiger partial charge in [-0.05, 0) is 18.8 Å². The van der Waals surface area contributed by atoms with Crippen molar-refractivity contribution in [2.24, 2.45) is 5.92 Å². The molecule has 2 N–H and O–H groups in total. The number of benzene rings is 1. The summed E-state index contributed by atoms with van der Waals surface area (Å²) in [6, 6.07) is 11.8. The molecule has 0 aliphatic heterocycles. The number of nitrogen functional groups attached to an aromatic ring is 1. The van der Waals surface area contributed by atoms with Gasteiger partial charge in [-0.2, -0.15) is 0 Å². The SMILES string of the molecule is COC(c1nc(N)cc(-c2ccccc2)n1)C1CC1. The van der Waals surface area contributed by atoms with E-state index in [0.717, 1.165) is 11.3 Å². The highest BCUT2D eigenvalue weighted by atomic mass is 16.5. The number of aromatic nitrogens is 2. The number of nitrogens with zero attached hydrogens (tertiary/aromatic N) is 2. The molecular weight excluding hydrogens is 238 g/mol. The zero-order chi connectivity index (χ0) is 13.2. The van der Waals surface area contributed by atoms with Crippen molar-refractivity contribution in [2.75, 3.05) is 12.8 Å². The van der Waals surface area contributed by atoms with Crippen molar-refractivity contribution in [2.45, 2.75) is 18.9 Å². The van der Waals surface area contributed by atoms with E-state index in [9.17, 15) is 0 Å². The Morgan fingerprint density at radius 2 is 1.95 bits per heavy atom. The highest BCUT2D eigenvalue weighted by Gasteiger charge is 2.34. The van der Waals surface area contributed by atoms with Gasteiger partial charge < -0.3 is 10.5 Å². The minimum Gasteiger partial charge on any atom is -0.384 e. The molecule has 1 fully saturated rings. The van der Waals surface area contributed by atoms with E-state index in [1.165, 1.54) is 12.8 Å². The van der Waals surface area contributed by atoms with Crippen LogP contribution >= 0.6 is 0 Å². The molecule has 0 amide bonds. The molecule has 19 heavy (non-hydrogen) atoms. The fourth-order valence-corrected chi connectivity index (χ4v) is 2.28. The van der Waals surface area contributed by atoms with Crippen LogP contribution in [0.25, 0.3) is 11.3 Å². The lowest BCUT2D eigenvalue weighted by Crippen LogP contribution is -2.11. The first-order valence-corrected chi connectivity index (χ1v) is 6.50. The minimum atomic E-state index is -0.0361. The van der Waals surface area contributed by atoms with Gasteiger partial charge in [0.05, 0.1) is 5.69 Å². The van der Waals surface area contributed by atoms with Crippen molar-refractivity contribution in [3.05, 3.63) is 42.2 Å². The van der Waals surface area contributed by atoms with Gasteiger partial charge in [0.1, 0.15) is 11.9 Å². The fraction of sp³-hybridized carbons (Fsp3) is 0.333. The molecule has 1 aromatic heterocycles. The number of ether oxygens (including phenoxy) is 1. The van der Waals surface area contributed by atoms with Crippen LogP contribution in [-0.4, -0.2) is 17.1 Å². The molecular formula is C15H17N3O. The molecule has 1 aliphatic rings. The van der Waals surface area contributed by atoms with Gasteiger partial charge in [-0.3, -0.25) is 0 Å². The number of methoxy groups -OCH3 is 1. The van der Waals surface area contributed by atoms with Crippen molar-refractivity contribution in [1.29, 1.82) is 0 Å². The molecule has 1 heterocycles. The molecule has 0 radical (unpaired) electrons. The molecule has 98 valence electrons. The number of rotatable bonds is 4. The van der Waals surface area contributed by atoms with Crippen molar-refractivity contribution in [1.82, 2.24) is 9.97 Å². The highest BCUT2D eigenvalue weighted by molar-refractivity contribution is 5.61. The van der Waals surface area contributed by atoms with Gasteiger partial charge in [0.25, 0.3) is 0 Å². The lowest BCUT2D eigenvalue weighted by Gasteiger charge is -2.14. The van der Waals surface area contributed by atoms with E-state index < -0.39 is 0 Å². The summed E-state index contributed by atoms with van der Waals surface area (Å²) >= 11 is 0. The quantitative estimate of drug-likeness (QED) is 0.912. The average molecular weight is 255 g/mol. The van der Waals surface area contributed by atoms with Crippen LogP contribution in [0.15, 0.2) is 36.4 Å². The first kappa shape index (κ1) is 12.1. The monoisotopic (exact) mass is 255 g/mol. The third kappa shape index (κ3) is 2.58. The molecule has 1 saturated carbocycles. The second-order valence-electron chi connectivity index (χ2n) is 4.90. The average Bonchev–Trinajstić information content (AvgIpc) is 3.25. The van der Waals surface area contributed by atoms with E-state index >= 15 is 0 Å². The summed E-state index contributed by atoms with van der Waals surface area (Å²) in [7, 11) is 1.71. The van der Waals surface area contributed by atoms with Crippen molar-refractivity contribution < 1.29 is 4.74 Å². The van der Waals surface area contributed by atoms with Crippen LogP contribution in [0.3, 0.4) is 0 Å². The van der Waals surface area contributed by atoms with E-state index in [0.29, 0.717) is 17.6 Å². The summed E-state index contributed by atoms with van der Waals surface area (Å²) < 4.78 is 5.53. The van der Waals surface area contributed by atoms with E-state index in [2.05, 4.69) is 9.97 Å². The maximum atomic E-state index is 5.90. The fourth-order valence-electron chi connectivity index (χ4n) is 2.28. The second kappa shape index (κ2) is 4.97. The van der Waals surface area contributed by atoms with Crippen LogP contribution in [0.1, 0.15) is 24.8 Å². The zero-order valence-electron chi connectivity index (χ0n) is 10.9. The van der Waals surface area contributed by atoms with Crippen LogP contribution in [0.4, 0.5) is 5.82 Å². The van der Waals surface area contributed by atoms with E-state index in [4.69, 9.17) is 10.5 Å². The van der Waals surface area contributed by atoms with Crippen molar-refractivity contribution >= 4 is 5.82 Å². The Morgan fingerprint density at radius 3 is 2.58 bits per heavy atom. The summed E-state index contributed by atoms with van der Waals surface area (Å²) in [5, 5.41) is 0. The Kier molecular flexibility index (Phi) is 3.17. The van der Waals surface area contributed by atoms with Gasteiger partial charge in [-0.15, -0.1) is 0 Å². The van der Waals surface area contributed by atoms with E-state index in [-0.39, 0.29) is 6.10 Å². The maximum absolute atomic E-state index is 5.90. The van der Waals surface area contributed by atoms with E-state index in [1.54, 1.807) is 13.2 Å². The topological polar surface area (TPSA) is 61.0 Å². The maximum Gasteiger partial charge on any atom is 0.160 e. The summed E-state index contributed by atoms with van der Waals surface area (Å²) in [5.41, 5.74) is 7.80. The standard InChI is InChI=1S/C15H17N3O/c1-19-14(11-7-8-11)15-17-12(9-13(16)18-15)10-5-3-2-4-6-10/h2-6,9,11,14H,7-8H2,1H3,(H2,16,17,18). The van der Waals surface area contributed by atoms with Crippen LogP contribution in [0.5, 0.6) is 0 Å². The predicted octanol–water partition coefficient (Wildman–Crippen LogP) is 2.82. The Bertz CT molecular complexity index is 567. The van der Waals surface area contributed by atoms with Gasteiger partial charge in [-0.25, -0.2) is 9.97 Å². The second-order valence-corrected chi connectivity index (χ2v) is 4.90. The highest BCUT2D eigenvalue weighted by Crippen LogP contribution is 2.42. The van der Waals surface area contributed by atoms with Crippen LogP contribution in [0.2, 0.25) is 0 Å². The smallest absolute Gasteiger partial charge is 0.160 e. The number of hydrogen-bond acceptors (Lipinski definition) is 4. The lowest BCUT2D eigenvalue weighted by atomic mass is 10.1. The van der Waals surface area contributed by atoms with Gasteiger partial charge in [0.2, 0.25) is 0 Å². The van der Waals surface area contributed by atoms with Crippen molar-refractivity contribution in [3.63, 3.8) is 0 Å². The molecule has 1 aromatic carbocycles. The Hall–Kier alpha value is -1.94. The first-order chi connectivity index (χ1) is 9.28. The summed E-state index contributed by atoms with van der Waals surface area (Å²) in [5.74, 6) is 1.73. The number of nitrogens with two attached hydrogens (primary N) is 1. The molecule has 0 bridgehead atoms. The third-order valence-corrected chi connectivity index (χ3v) is 3.39. The number of anilines is 1.